The Bertz CT molecular complexity index is 363. The van der Waals surface area contributed by atoms with E-state index in [-0.39, 0.29) is 0 Å². The van der Waals surface area contributed by atoms with E-state index in [1.807, 2.05) is 0 Å². The quantitative estimate of drug-likeness (QED) is 0.754. The van der Waals surface area contributed by atoms with Crippen LogP contribution in [-0.4, -0.2) is 6.54 Å². The number of fused-ring (bicyclic) bond motifs is 1. The fourth-order valence-corrected chi connectivity index (χ4v) is 2.66. The highest BCUT2D eigenvalue weighted by Gasteiger charge is 2.42. The third kappa shape index (κ3) is 1.12. The predicted octanol–water partition coefficient (Wildman–Crippen LogP) is 2.17. The van der Waals surface area contributed by atoms with Crippen LogP contribution < -0.4 is 5.73 Å². The number of hydrogen-bond acceptors (Lipinski definition) is 1. The molecular formula is C13H17N. The van der Waals surface area contributed by atoms with Crippen LogP contribution in [-0.2, 0) is 18.3 Å². The smallest absolute Gasteiger partial charge is 0.00763 e. The summed E-state index contributed by atoms with van der Waals surface area (Å²) in [6.07, 6.45) is 6.49. The van der Waals surface area contributed by atoms with Gasteiger partial charge < -0.3 is 5.73 Å². The van der Waals surface area contributed by atoms with Crippen molar-refractivity contribution in [1.82, 2.24) is 0 Å². The molecule has 0 heterocycles. The van der Waals surface area contributed by atoms with Gasteiger partial charge in [-0.25, -0.2) is 0 Å². The van der Waals surface area contributed by atoms with Gasteiger partial charge in [0.1, 0.15) is 0 Å². The van der Waals surface area contributed by atoms with E-state index in [1.54, 1.807) is 11.1 Å². The molecule has 0 unspecified atom stereocenters. The third-order valence-electron chi connectivity index (χ3n) is 3.96. The average molecular weight is 187 g/mol. The SMILES string of the molecule is NCC1(c2ccc3c(c2)CCC3)CC1. The third-order valence-corrected chi connectivity index (χ3v) is 3.96. The maximum absolute atomic E-state index is 5.85. The summed E-state index contributed by atoms with van der Waals surface area (Å²) in [5.41, 5.74) is 10.9. The summed E-state index contributed by atoms with van der Waals surface area (Å²) in [4.78, 5) is 0. The van der Waals surface area contributed by atoms with Gasteiger partial charge in [-0.2, -0.15) is 0 Å². The first-order chi connectivity index (χ1) is 6.84. The van der Waals surface area contributed by atoms with Gasteiger partial charge in [0.25, 0.3) is 0 Å². The summed E-state index contributed by atoms with van der Waals surface area (Å²) in [7, 11) is 0. The van der Waals surface area contributed by atoms with Crippen molar-refractivity contribution in [2.75, 3.05) is 6.54 Å². The maximum Gasteiger partial charge on any atom is 0.00763 e. The Hall–Kier alpha value is -0.820. The van der Waals surface area contributed by atoms with Crippen molar-refractivity contribution in [3.63, 3.8) is 0 Å². The molecule has 2 aliphatic rings. The molecule has 1 heteroatoms. The van der Waals surface area contributed by atoms with E-state index >= 15 is 0 Å². The van der Waals surface area contributed by atoms with Crippen molar-refractivity contribution in [2.45, 2.75) is 37.5 Å². The summed E-state index contributed by atoms with van der Waals surface area (Å²) in [5.74, 6) is 0. The Morgan fingerprint density at radius 1 is 1.14 bits per heavy atom. The molecule has 0 aromatic heterocycles. The van der Waals surface area contributed by atoms with Crippen molar-refractivity contribution in [1.29, 1.82) is 0 Å². The zero-order valence-electron chi connectivity index (χ0n) is 8.55. The molecule has 1 nitrogen and oxygen atoms in total. The molecule has 3 rings (SSSR count). The molecule has 0 bridgehead atoms. The Morgan fingerprint density at radius 3 is 2.64 bits per heavy atom. The van der Waals surface area contributed by atoms with Gasteiger partial charge in [-0.05, 0) is 48.8 Å². The topological polar surface area (TPSA) is 26.0 Å². The van der Waals surface area contributed by atoms with Crippen LogP contribution in [0.1, 0.15) is 36.0 Å². The van der Waals surface area contributed by atoms with Crippen molar-refractivity contribution < 1.29 is 0 Å². The van der Waals surface area contributed by atoms with Crippen LogP contribution in [0.2, 0.25) is 0 Å². The highest BCUT2D eigenvalue weighted by atomic mass is 14.7. The largest absolute Gasteiger partial charge is 0.330 e. The van der Waals surface area contributed by atoms with Gasteiger partial charge in [0.2, 0.25) is 0 Å². The van der Waals surface area contributed by atoms with Crippen LogP contribution in [0, 0.1) is 0 Å². The molecule has 2 aliphatic carbocycles. The molecule has 0 saturated heterocycles. The molecular weight excluding hydrogens is 170 g/mol. The zero-order chi connectivity index (χ0) is 9.60. The predicted molar refractivity (Wildman–Crippen MR) is 58.4 cm³/mol. The van der Waals surface area contributed by atoms with E-state index in [1.165, 1.54) is 37.7 Å². The highest BCUT2D eigenvalue weighted by molar-refractivity contribution is 5.41. The summed E-state index contributed by atoms with van der Waals surface area (Å²) in [5, 5.41) is 0. The van der Waals surface area contributed by atoms with Crippen LogP contribution in [0.4, 0.5) is 0 Å². The van der Waals surface area contributed by atoms with Gasteiger partial charge in [0.05, 0.1) is 0 Å². The van der Waals surface area contributed by atoms with Gasteiger partial charge in [0, 0.05) is 12.0 Å². The Morgan fingerprint density at radius 2 is 1.93 bits per heavy atom. The first-order valence-electron chi connectivity index (χ1n) is 5.66. The Balaban J connectivity index is 2.00. The normalized spacial score (nSPS) is 22.1. The number of rotatable bonds is 2. The first-order valence-corrected chi connectivity index (χ1v) is 5.66. The molecule has 0 radical (unpaired) electrons. The van der Waals surface area contributed by atoms with E-state index in [0.717, 1.165) is 6.54 Å². The van der Waals surface area contributed by atoms with Crippen LogP contribution in [0.25, 0.3) is 0 Å². The number of hydrogen-bond donors (Lipinski definition) is 1. The van der Waals surface area contributed by atoms with Gasteiger partial charge >= 0.3 is 0 Å². The average Bonchev–Trinajstić information content (AvgIpc) is 2.89. The monoisotopic (exact) mass is 187 g/mol. The van der Waals surface area contributed by atoms with Crippen LogP contribution in [0.5, 0.6) is 0 Å². The lowest BCUT2D eigenvalue weighted by molar-refractivity contribution is 0.703. The minimum atomic E-state index is 0.373. The van der Waals surface area contributed by atoms with Gasteiger partial charge in [0.15, 0.2) is 0 Å². The van der Waals surface area contributed by atoms with Crippen molar-refractivity contribution in [3.05, 3.63) is 34.9 Å². The maximum atomic E-state index is 5.85. The molecule has 0 amide bonds. The lowest BCUT2D eigenvalue weighted by Crippen LogP contribution is -2.19. The summed E-state index contributed by atoms with van der Waals surface area (Å²) >= 11 is 0. The van der Waals surface area contributed by atoms with Crippen molar-refractivity contribution in [3.8, 4) is 0 Å². The van der Waals surface area contributed by atoms with Crippen molar-refractivity contribution >= 4 is 0 Å². The van der Waals surface area contributed by atoms with E-state index in [0.29, 0.717) is 5.41 Å². The molecule has 1 saturated carbocycles. The Labute approximate surface area is 85.3 Å². The van der Waals surface area contributed by atoms with E-state index < -0.39 is 0 Å². The lowest BCUT2D eigenvalue weighted by atomic mass is 9.93. The van der Waals surface area contributed by atoms with Gasteiger partial charge in [-0.3, -0.25) is 0 Å². The Kier molecular flexibility index (Phi) is 1.72. The zero-order valence-corrected chi connectivity index (χ0v) is 8.55. The minimum Gasteiger partial charge on any atom is -0.330 e. The highest BCUT2D eigenvalue weighted by Crippen LogP contribution is 2.47. The molecule has 0 aliphatic heterocycles. The van der Waals surface area contributed by atoms with Gasteiger partial charge in [-0.1, -0.05) is 18.2 Å². The molecule has 74 valence electrons. The first kappa shape index (κ1) is 8.49. The standard InChI is InChI=1S/C13H17N/c14-9-13(6-7-13)12-5-4-10-2-1-3-11(10)8-12/h4-5,8H,1-3,6-7,9,14H2. The molecule has 14 heavy (non-hydrogen) atoms. The number of benzene rings is 1. The molecule has 2 N–H and O–H groups in total. The molecule has 1 fully saturated rings. The summed E-state index contributed by atoms with van der Waals surface area (Å²) < 4.78 is 0. The summed E-state index contributed by atoms with van der Waals surface area (Å²) in [6, 6.07) is 7.06. The van der Waals surface area contributed by atoms with Gasteiger partial charge in [-0.15, -0.1) is 0 Å². The van der Waals surface area contributed by atoms with Crippen LogP contribution in [0.3, 0.4) is 0 Å². The second kappa shape index (κ2) is 2.83. The molecule has 0 spiro atoms. The fraction of sp³-hybridized carbons (Fsp3) is 0.538. The number of aryl methyl sites for hydroxylation is 2. The lowest BCUT2D eigenvalue weighted by Gasteiger charge is -2.14. The van der Waals surface area contributed by atoms with E-state index in [9.17, 15) is 0 Å². The van der Waals surface area contributed by atoms with E-state index in [2.05, 4.69) is 18.2 Å². The molecule has 0 atom stereocenters. The van der Waals surface area contributed by atoms with Crippen molar-refractivity contribution in [2.24, 2.45) is 5.73 Å². The second-order valence-electron chi connectivity index (χ2n) is 4.82. The van der Waals surface area contributed by atoms with Crippen LogP contribution in [0.15, 0.2) is 18.2 Å². The summed E-state index contributed by atoms with van der Waals surface area (Å²) in [6.45, 7) is 0.825. The van der Waals surface area contributed by atoms with Crippen LogP contribution >= 0.6 is 0 Å². The molecule has 1 aromatic rings. The fourth-order valence-electron chi connectivity index (χ4n) is 2.66. The minimum absolute atomic E-state index is 0.373. The van der Waals surface area contributed by atoms with E-state index in [4.69, 9.17) is 5.73 Å². The number of nitrogens with two attached hydrogens (primary N) is 1. The molecule has 1 aromatic carbocycles. The second-order valence-corrected chi connectivity index (χ2v) is 4.82.